The van der Waals surface area contributed by atoms with Crippen molar-refractivity contribution in [3.63, 3.8) is 0 Å². The maximum absolute atomic E-state index is 13.0. The Morgan fingerprint density at radius 1 is 1.23 bits per heavy atom. The Balaban J connectivity index is 0.00000171. The molecule has 2 bridgehead atoms. The van der Waals surface area contributed by atoms with Crippen LogP contribution in [0, 0.1) is 11.8 Å². The molecule has 0 spiro atoms. The summed E-state index contributed by atoms with van der Waals surface area (Å²) in [6.45, 7) is 5.07. The summed E-state index contributed by atoms with van der Waals surface area (Å²) in [4.78, 5) is 17.9. The normalized spacial score (nSPS) is 28.5. The fourth-order valence-corrected chi connectivity index (χ4v) is 6.08. The predicted octanol–water partition coefficient (Wildman–Crippen LogP) is 3.91. The first-order valence-electron chi connectivity index (χ1n) is 11.5. The van der Waals surface area contributed by atoms with Gasteiger partial charge in [-0.25, -0.2) is 0 Å². The van der Waals surface area contributed by atoms with Gasteiger partial charge in [-0.05, 0) is 68.2 Å². The number of rotatable bonds is 6. The molecule has 5 nitrogen and oxygen atoms in total. The lowest BCUT2D eigenvalue weighted by Crippen LogP contribution is -2.65. The molecule has 0 radical (unpaired) electrons. The summed E-state index contributed by atoms with van der Waals surface area (Å²) in [5.74, 6) is 2.24. The summed E-state index contributed by atoms with van der Waals surface area (Å²) < 4.78 is 5.45. The van der Waals surface area contributed by atoms with Crippen molar-refractivity contribution in [1.82, 2.24) is 9.80 Å². The smallest absolute Gasteiger partial charge is 0.239 e. The zero-order chi connectivity index (χ0) is 20.4. The summed E-state index contributed by atoms with van der Waals surface area (Å²) >= 11 is 0. The third-order valence-corrected chi connectivity index (χ3v) is 7.43. The number of nitrogens with zero attached hydrogens (tertiary/aromatic N) is 2. The molecule has 0 saturated carbocycles. The molecule has 7 heteroatoms. The van der Waals surface area contributed by atoms with Crippen molar-refractivity contribution in [3.8, 4) is 5.75 Å². The Morgan fingerprint density at radius 3 is 2.74 bits per heavy atom. The van der Waals surface area contributed by atoms with Crippen LogP contribution in [0.25, 0.3) is 0 Å². The van der Waals surface area contributed by atoms with E-state index in [1.807, 2.05) is 6.07 Å². The Labute approximate surface area is 199 Å². The van der Waals surface area contributed by atoms with Gasteiger partial charge in [0.25, 0.3) is 0 Å². The van der Waals surface area contributed by atoms with Gasteiger partial charge in [-0.2, -0.15) is 0 Å². The molecule has 176 valence electrons. The summed E-state index contributed by atoms with van der Waals surface area (Å²) in [6, 6.07) is 9.28. The van der Waals surface area contributed by atoms with Crippen molar-refractivity contribution < 1.29 is 9.53 Å². The first-order valence-corrected chi connectivity index (χ1v) is 11.5. The highest BCUT2D eigenvalue weighted by Gasteiger charge is 2.48. The number of benzene rings is 1. The van der Waals surface area contributed by atoms with Gasteiger partial charge in [0, 0.05) is 25.2 Å². The number of carbonyl (C=O) groups is 1. The van der Waals surface area contributed by atoms with Crippen LogP contribution in [0.2, 0.25) is 0 Å². The van der Waals surface area contributed by atoms with E-state index in [0.717, 1.165) is 38.1 Å². The number of hydrogen-bond acceptors (Lipinski definition) is 4. The van der Waals surface area contributed by atoms with Gasteiger partial charge in [-0.3, -0.25) is 9.69 Å². The highest BCUT2D eigenvalue weighted by Crippen LogP contribution is 2.42. The van der Waals surface area contributed by atoms with Gasteiger partial charge in [0.1, 0.15) is 5.75 Å². The second-order valence-corrected chi connectivity index (χ2v) is 9.32. The summed E-state index contributed by atoms with van der Waals surface area (Å²) in [7, 11) is 1.73. The molecule has 4 rings (SSSR count). The van der Waals surface area contributed by atoms with E-state index in [2.05, 4.69) is 34.9 Å². The lowest BCUT2D eigenvalue weighted by molar-refractivity contribution is -0.142. The van der Waals surface area contributed by atoms with Crippen molar-refractivity contribution in [2.75, 3.05) is 26.7 Å². The van der Waals surface area contributed by atoms with Crippen molar-refractivity contribution in [1.29, 1.82) is 0 Å². The fraction of sp³-hybridized carbons (Fsp3) is 0.708. The maximum Gasteiger partial charge on any atom is 0.239 e. The molecule has 1 amide bonds. The predicted molar refractivity (Wildman–Crippen MR) is 130 cm³/mol. The van der Waals surface area contributed by atoms with Crippen molar-refractivity contribution >= 4 is 30.7 Å². The molecular weight excluding hydrogens is 433 g/mol. The molecule has 5 atom stereocenters. The molecule has 0 unspecified atom stereocenters. The summed E-state index contributed by atoms with van der Waals surface area (Å²) in [5, 5.41) is 0. The topological polar surface area (TPSA) is 58.8 Å². The minimum atomic E-state index is -0.335. The number of ether oxygens (including phenoxy) is 1. The lowest BCUT2D eigenvalue weighted by Gasteiger charge is -2.57. The highest BCUT2D eigenvalue weighted by atomic mass is 35.5. The van der Waals surface area contributed by atoms with E-state index in [9.17, 15) is 4.79 Å². The number of fused-ring (bicyclic) bond motifs is 4. The number of likely N-dealkylation sites (tertiary alicyclic amines) is 1. The van der Waals surface area contributed by atoms with Gasteiger partial charge < -0.3 is 15.4 Å². The van der Waals surface area contributed by atoms with Crippen molar-refractivity contribution in [3.05, 3.63) is 29.8 Å². The van der Waals surface area contributed by atoms with Crippen LogP contribution < -0.4 is 10.5 Å². The first-order chi connectivity index (χ1) is 14.1. The molecule has 0 aliphatic carbocycles. The van der Waals surface area contributed by atoms with E-state index in [-0.39, 0.29) is 36.8 Å². The van der Waals surface area contributed by atoms with Crippen LogP contribution in [0.1, 0.15) is 51.0 Å². The number of carbonyl (C=O) groups excluding carboxylic acids is 1. The molecule has 3 saturated heterocycles. The number of nitrogens with two attached hydrogens (primary N) is 1. The Bertz CT molecular complexity index is 720. The van der Waals surface area contributed by atoms with Crippen LogP contribution >= 0.6 is 24.8 Å². The average molecular weight is 473 g/mol. The lowest BCUT2D eigenvalue weighted by atomic mass is 9.71. The summed E-state index contributed by atoms with van der Waals surface area (Å²) in [6.07, 6.45) is 7.92. The third-order valence-electron chi connectivity index (χ3n) is 7.43. The number of halogens is 2. The van der Waals surface area contributed by atoms with Gasteiger partial charge in [-0.15, -0.1) is 24.8 Å². The Hall–Kier alpha value is -1.01. The SMILES string of the molecule is CCC[C@H](N)C(=O)N1C[C@H]2C[C@@H](C1)[C@H](Cc1cccc(OC)c1)N1CCCC[C@@H]21.Cl.Cl. The standard InChI is InChI=1S/C24H37N3O2.2ClH/c1-3-7-21(25)24(28)26-15-18-14-19(16-26)23(27-11-5-4-10-22(18)27)13-17-8-6-9-20(12-17)29-2;;/h6,8-9,12,18-19,21-23H,3-5,7,10-11,13-16,25H2,1-2H3;2*1H/t18-,19+,21+,22+,23+;;/m1../s1. The van der Waals surface area contributed by atoms with Gasteiger partial charge in [0.2, 0.25) is 5.91 Å². The minimum Gasteiger partial charge on any atom is -0.497 e. The molecule has 3 fully saturated rings. The number of piperidine rings is 3. The highest BCUT2D eigenvalue weighted by molar-refractivity contribution is 5.85. The molecule has 3 aliphatic heterocycles. The van der Waals surface area contributed by atoms with Crippen LogP contribution in [-0.4, -0.2) is 60.6 Å². The van der Waals surface area contributed by atoms with E-state index < -0.39 is 0 Å². The fourth-order valence-electron chi connectivity index (χ4n) is 6.08. The minimum absolute atomic E-state index is 0. The summed E-state index contributed by atoms with van der Waals surface area (Å²) in [5.41, 5.74) is 7.55. The average Bonchev–Trinajstić information content (AvgIpc) is 2.76. The maximum atomic E-state index is 13.0. The molecule has 0 aromatic heterocycles. The van der Waals surface area contributed by atoms with E-state index in [4.69, 9.17) is 10.5 Å². The van der Waals surface area contributed by atoms with Crippen LogP contribution in [0.5, 0.6) is 5.75 Å². The van der Waals surface area contributed by atoms with E-state index in [1.54, 1.807) is 7.11 Å². The van der Waals surface area contributed by atoms with E-state index >= 15 is 0 Å². The number of hydrogen-bond donors (Lipinski definition) is 1. The molecule has 1 aromatic carbocycles. The molecular formula is C24H39Cl2N3O2. The van der Waals surface area contributed by atoms with Gasteiger partial charge in [0.15, 0.2) is 0 Å². The monoisotopic (exact) mass is 471 g/mol. The van der Waals surface area contributed by atoms with Crippen LogP contribution in [0.15, 0.2) is 24.3 Å². The molecule has 1 aromatic rings. The molecule has 3 heterocycles. The van der Waals surface area contributed by atoms with Crippen LogP contribution in [-0.2, 0) is 11.2 Å². The Kier molecular flexibility index (Phi) is 9.94. The molecule has 3 aliphatic rings. The van der Waals surface area contributed by atoms with Crippen LogP contribution in [0.4, 0.5) is 0 Å². The van der Waals surface area contributed by atoms with Gasteiger partial charge in [-0.1, -0.05) is 31.9 Å². The zero-order valence-corrected chi connectivity index (χ0v) is 20.5. The second kappa shape index (κ2) is 11.7. The van der Waals surface area contributed by atoms with Crippen molar-refractivity contribution in [2.45, 2.75) is 70.0 Å². The van der Waals surface area contributed by atoms with Gasteiger partial charge in [0.05, 0.1) is 13.2 Å². The van der Waals surface area contributed by atoms with E-state index in [1.165, 1.54) is 37.8 Å². The number of methoxy groups -OCH3 is 1. The van der Waals surface area contributed by atoms with Crippen LogP contribution in [0.3, 0.4) is 0 Å². The number of amides is 1. The third kappa shape index (κ3) is 5.68. The zero-order valence-electron chi connectivity index (χ0n) is 18.9. The first kappa shape index (κ1) is 26.2. The van der Waals surface area contributed by atoms with Crippen molar-refractivity contribution in [2.24, 2.45) is 17.6 Å². The molecule has 31 heavy (non-hydrogen) atoms. The second-order valence-electron chi connectivity index (χ2n) is 9.32. The largest absolute Gasteiger partial charge is 0.497 e. The Morgan fingerprint density at radius 2 is 2.00 bits per heavy atom. The molecule has 2 N–H and O–H groups in total. The quantitative estimate of drug-likeness (QED) is 0.682. The van der Waals surface area contributed by atoms with E-state index in [0.29, 0.717) is 23.9 Å². The van der Waals surface area contributed by atoms with Gasteiger partial charge >= 0.3 is 0 Å².